The van der Waals surface area contributed by atoms with E-state index in [1.807, 2.05) is 0 Å². The lowest BCUT2D eigenvalue weighted by Crippen LogP contribution is -2.66. The molecular weight excluding hydrogens is 1000 g/mol. The first-order valence-corrected chi connectivity index (χ1v) is 31.8. The van der Waals surface area contributed by atoms with Gasteiger partial charge in [-0.05, 0) is 260 Å². The fourth-order valence-electron chi connectivity index (χ4n) is 21.5. The standard InChI is InChI=1S/C80H65BN2/c1-5-17-52(18-6-1)56-39-57(53-19-7-2-8-20-53)41-58(40-56)61-46-74-76-75(47-61)83-73-28-16-14-26-67(73)80(64-35-50-30-51(37-64)38-65(80)36-50)69-43-60(55-23-11-4-12-24-55)45-71(78(69)83)81(76)70-44-59(54-21-9-3-10-22-54)42-68-77(70)82(74)72-27-15-13-25-66(72)79(68)62-31-48-29-49(33-62)34-63(79)32-48/h1-28,39-51,62-65H,29-38H2. The molecule has 0 aromatic heterocycles. The fraction of sp³-hybridized carbons (Fsp3) is 0.250. The third kappa shape index (κ3) is 6.11. The van der Waals surface area contributed by atoms with E-state index in [9.17, 15) is 0 Å². The van der Waals surface area contributed by atoms with E-state index in [0.717, 1.165) is 23.7 Å². The van der Waals surface area contributed by atoms with Crippen molar-refractivity contribution in [2.24, 2.45) is 47.3 Å². The molecule has 12 aliphatic rings. The average Bonchev–Trinajstić information content (AvgIpc) is 0.983. The van der Waals surface area contributed by atoms with Gasteiger partial charge in [-0.2, -0.15) is 0 Å². The molecule has 8 aliphatic carbocycles. The molecule has 83 heavy (non-hydrogen) atoms. The number of hydrogen-bond donors (Lipinski definition) is 0. The third-order valence-corrected chi connectivity index (χ3v) is 23.9. The Balaban J connectivity index is 0.947. The van der Waals surface area contributed by atoms with E-state index >= 15 is 0 Å². The van der Waals surface area contributed by atoms with Crippen LogP contribution in [-0.2, 0) is 10.8 Å². The minimum absolute atomic E-state index is 0.00907. The Morgan fingerprint density at radius 2 is 0.566 bits per heavy atom. The van der Waals surface area contributed by atoms with E-state index in [1.165, 1.54) is 170 Å². The van der Waals surface area contributed by atoms with Crippen LogP contribution in [0.25, 0.3) is 55.6 Å². The fourth-order valence-corrected chi connectivity index (χ4v) is 21.5. The molecular formula is C80H65BN2. The van der Waals surface area contributed by atoms with Gasteiger partial charge in [0.25, 0.3) is 6.71 Å². The van der Waals surface area contributed by atoms with Crippen molar-refractivity contribution >= 4 is 57.2 Å². The summed E-state index contributed by atoms with van der Waals surface area (Å²) < 4.78 is 0. The molecule has 2 nitrogen and oxygen atoms in total. The minimum atomic E-state index is -0.0721. The first-order chi connectivity index (χ1) is 41.1. The van der Waals surface area contributed by atoms with Crippen LogP contribution in [0.2, 0.25) is 0 Å². The van der Waals surface area contributed by atoms with E-state index in [1.54, 1.807) is 22.3 Å². The largest absolute Gasteiger partial charge is 0.311 e. The molecule has 398 valence electrons. The van der Waals surface area contributed by atoms with Crippen LogP contribution in [0.5, 0.6) is 0 Å². The van der Waals surface area contributed by atoms with E-state index in [2.05, 4.69) is 234 Å². The molecule has 0 atom stereocenters. The van der Waals surface area contributed by atoms with Crippen LogP contribution in [0.15, 0.2) is 224 Å². The summed E-state index contributed by atoms with van der Waals surface area (Å²) in [5, 5.41) is 0. The van der Waals surface area contributed by atoms with Crippen LogP contribution in [0, 0.1) is 47.3 Å². The smallest absolute Gasteiger partial charge is 0.252 e. The van der Waals surface area contributed by atoms with Crippen LogP contribution < -0.4 is 26.2 Å². The van der Waals surface area contributed by atoms with Crippen molar-refractivity contribution in [1.29, 1.82) is 0 Å². The summed E-state index contributed by atoms with van der Waals surface area (Å²) in [6, 6.07) is 88.7. The molecule has 8 fully saturated rings. The highest BCUT2D eigenvalue weighted by Crippen LogP contribution is 2.72. The summed E-state index contributed by atoms with van der Waals surface area (Å²) in [5.41, 5.74) is 32.0. The normalized spacial score (nSPS) is 27.8. The zero-order valence-corrected chi connectivity index (χ0v) is 47.0. The van der Waals surface area contributed by atoms with E-state index < -0.39 is 0 Å². The summed E-state index contributed by atoms with van der Waals surface area (Å²) in [4.78, 5) is 5.70. The molecule has 4 heterocycles. The molecule has 0 N–H and O–H groups in total. The number of fused-ring (bicyclic) bond motifs is 8. The Morgan fingerprint density at radius 3 is 0.928 bits per heavy atom. The quantitative estimate of drug-likeness (QED) is 0.159. The molecule has 4 aliphatic heterocycles. The summed E-state index contributed by atoms with van der Waals surface area (Å²) >= 11 is 0. The summed E-state index contributed by atoms with van der Waals surface area (Å²) in [6.45, 7) is -0.00907. The summed E-state index contributed by atoms with van der Waals surface area (Å²) in [5.74, 6) is 5.83. The number of rotatable bonds is 5. The highest BCUT2D eigenvalue weighted by molar-refractivity contribution is 7.00. The maximum Gasteiger partial charge on any atom is 0.252 e. The van der Waals surface area contributed by atoms with Gasteiger partial charge in [0.05, 0.1) is 11.4 Å². The van der Waals surface area contributed by atoms with Gasteiger partial charge in [-0.1, -0.05) is 170 Å². The maximum absolute atomic E-state index is 2.85. The SMILES string of the molecule is c1ccc(-c2cc(-c3ccccc3)cc(-c3cc4c5c(c3)N3c6ccccc6C6(c7cc(-c8ccccc8)cc(c73)B5c3cc(-c5ccccc5)cc5c3N4c3ccccc3C53C4CC5CC(C4)CC3C5)C3CC4CC(C3)CC6C4)c2)cc1. The highest BCUT2D eigenvalue weighted by Gasteiger charge is 2.65. The molecule has 8 saturated carbocycles. The molecule has 0 unspecified atom stereocenters. The van der Waals surface area contributed by atoms with Gasteiger partial charge >= 0.3 is 0 Å². The Kier molecular flexibility index (Phi) is 9.37. The number of hydrogen-bond acceptors (Lipinski definition) is 2. The van der Waals surface area contributed by atoms with Crippen molar-refractivity contribution in [3.05, 3.63) is 247 Å². The van der Waals surface area contributed by atoms with Crippen LogP contribution in [0.4, 0.5) is 34.1 Å². The van der Waals surface area contributed by atoms with Crippen LogP contribution in [0.3, 0.4) is 0 Å². The van der Waals surface area contributed by atoms with Crippen molar-refractivity contribution in [1.82, 2.24) is 0 Å². The lowest BCUT2D eigenvalue weighted by Gasteiger charge is -2.65. The zero-order chi connectivity index (χ0) is 53.9. The molecule has 0 radical (unpaired) electrons. The minimum Gasteiger partial charge on any atom is -0.311 e. The molecule has 3 heteroatoms. The van der Waals surface area contributed by atoms with Crippen molar-refractivity contribution in [2.75, 3.05) is 9.80 Å². The zero-order valence-electron chi connectivity index (χ0n) is 47.0. The average molecular weight is 1070 g/mol. The molecule has 22 rings (SSSR count). The van der Waals surface area contributed by atoms with Gasteiger partial charge in [-0.15, -0.1) is 0 Å². The predicted molar refractivity (Wildman–Crippen MR) is 343 cm³/mol. The maximum atomic E-state index is 2.85. The first kappa shape index (κ1) is 46.4. The van der Waals surface area contributed by atoms with Crippen molar-refractivity contribution < 1.29 is 0 Å². The second kappa shape index (κ2) is 16.8. The molecule has 8 bridgehead atoms. The Bertz CT molecular complexity index is 4040. The van der Waals surface area contributed by atoms with Gasteiger partial charge in [0.15, 0.2) is 0 Å². The Hall–Kier alpha value is -8.14. The highest BCUT2D eigenvalue weighted by atomic mass is 15.2. The molecule has 10 aromatic rings. The summed E-state index contributed by atoms with van der Waals surface area (Å²) in [6.07, 6.45) is 13.6. The van der Waals surface area contributed by atoms with Gasteiger partial charge in [0.2, 0.25) is 0 Å². The van der Waals surface area contributed by atoms with Crippen LogP contribution >= 0.6 is 0 Å². The van der Waals surface area contributed by atoms with Crippen molar-refractivity contribution in [3.63, 3.8) is 0 Å². The number of benzene rings is 10. The van der Waals surface area contributed by atoms with Crippen molar-refractivity contribution in [2.45, 2.75) is 75.0 Å². The number of anilines is 6. The van der Waals surface area contributed by atoms with Crippen LogP contribution in [-0.4, -0.2) is 6.71 Å². The van der Waals surface area contributed by atoms with Gasteiger partial charge in [-0.25, -0.2) is 0 Å². The molecule has 0 amide bonds. The van der Waals surface area contributed by atoms with Crippen molar-refractivity contribution in [3.8, 4) is 55.6 Å². The molecule has 10 aromatic carbocycles. The van der Waals surface area contributed by atoms with E-state index in [-0.39, 0.29) is 17.5 Å². The summed E-state index contributed by atoms with van der Waals surface area (Å²) in [7, 11) is 0. The van der Waals surface area contributed by atoms with Gasteiger partial charge in [0.1, 0.15) is 0 Å². The lowest BCUT2D eigenvalue weighted by molar-refractivity contribution is -0.0419. The Morgan fingerprint density at radius 1 is 0.265 bits per heavy atom. The van der Waals surface area contributed by atoms with Gasteiger partial charge < -0.3 is 9.80 Å². The predicted octanol–water partition coefficient (Wildman–Crippen LogP) is 18.2. The second-order valence-corrected chi connectivity index (χ2v) is 27.6. The van der Waals surface area contributed by atoms with E-state index in [4.69, 9.17) is 0 Å². The topological polar surface area (TPSA) is 6.48 Å². The number of para-hydroxylation sites is 2. The monoisotopic (exact) mass is 1060 g/mol. The first-order valence-electron chi connectivity index (χ1n) is 31.8. The molecule has 2 spiro atoms. The van der Waals surface area contributed by atoms with Gasteiger partial charge in [0, 0.05) is 33.6 Å². The number of nitrogens with zero attached hydrogens (tertiary/aromatic N) is 2. The van der Waals surface area contributed by atoms with Crippen LogP contribution in [0.1, 0.15) is 86.5 Å². The van der Waals surface area contributed by atoms with E-state index in [0.29, 0.717) is 23.7 Å². The lowest BCUT2D eigenvalue weighted by atomic mass is 9.31. The molecule has 0 saturated heterocycles. The van der Waals surface area contributed by atoms with Gasteiger partial charge in [-0.3, -0.25) is 0 Å². The third-order valence-electron chi connectivity index (χ3n) is 23.9. The Labute approximate surface area is 489 Å². The second-order valence-electron chi connectivity index (χ2n) is 27.6.